The van der Waals surface area contributed by atoms with E-state index in [9.17, 15) is 15.0 Å². The molecule has 5 fully saturated rings. The summed E-state index contributed by atoms with van der Waals surface area (Å²) >= 11 is 0. The van der Waals surface area contributed by atoms with Crippen LogP contribution in [0.5, 0.6) is 0 Å². The maximum atomic E-state index is 12.9. The van der Waals surface area contributed by atoms with Crippen molar-refractivity contribution in [2.45, 2.75) is 152 Å². The van der Waals surface area contributed by atoms with Gasteiger partial charge in [-0.05, 0) is 51.0 Å². The van der Waals surface area contributed by atoms with Crippen molar-refractivity contribution < 1.29 is 43.4 Å². The van der Waals surface area contributed by atoms with Crippen LogP contribution in [0.25, 0.3) is 0 Å². The lowest BCUT2D eigenvalue weighted by Gasteiger charge is -2.49. The Hall–Kier alpha value is -0.910. The van der Waals surface area contributed by atoms with Crippen molar-refractivity contribution >= 4 is 5.78 Å². The first-order chi connectivity index (χ1) is 19.2. The van der Waals surface area contributed by atoms with Crippen LogP contribution in [0.3, 0.4) is 0 Å². The fraction of sp³-hybridized carbons (Fsp3) is 0.903. The molecular formula is C31H50O9. The van der Waals surface area contributed by atoms with Gasteiger partial charge in [0.15, 0.2) is 0 Å². The third kappa shape index (κ3) is 6.52. The second-order valence-electron chi connectivity index (χ2n) is 12.8. The second kappa shape index (κ2) is 13.2. The minimum Gasteiger partial charge on any atom is -0.390 e. The summed E-state index contributed by atoms with van der Waals surface area (Å²) in [7, 11) is 1.66. The predicted octanol–water partition coefficient (Wildman–Crippen LogP) is 3.12. The van der Waals surface area contributed by atoms with Gasteiger partial charge in [0.1, 0.15) is 18.0 Å². The third-order valence-corrected chi connectivity index (χ3v) is 10.1. The third-order valence-electron chi connectivity index (χ3n) is 10.1. The number of Topliss-reactive ketones (excluding diaryl/α,β-unsaturated/α-hetero) is 1. The van der Waals surface area contributed by atoms with Gasteiger partial charge in [-0.2, -0.15) is 0 Å². The van der Waals surface area contributed by atoms with Gasteiger partial charge in [-0.1, -0.05) is 20.4 Å². The normalized spacial score (nSPS) is 47.5. The van der Waals surface area contributed by atoms with Gasteiger partial charge in [-0.3, -0.25) is 4.79 Å². The number of aliphatic hydroxyl groups excluding tert-OH is 2. The summed E-state index contributed by atoms with van der Waals surface area (Å²) in [4.78, 5) is 12.9. The predicted molar refractivity (Wildman–Crippen MR) is 147 cm³/mol. The van der Waals surface area contributed by atoms with Gasteiger partial charge in [0.25, 0.3) is 0 Å². The van der Waals surface area contributed by atoms with E-state index in [1.165, 1.54) is 5.57 Å². The van der Waals surface area contributed by atoms with Crippen LogP contribution in [-0.4, -0.2) is 103 Å². The molecule has 228 valence electrons. The molecule has 0 aromatic carbocycles. The standard InChI is InChI=1S/C31H50O9/c1-6-25-16(2)11-20(37-25)7-8-22-14-24(33)30(38-22)29-17(3)28(34)31-26(40-29)10-9-21(39-31)12-19(32)13-23-18(4)36-15-27(23)35-5/h17-18,20-31,33-34H,2,6-15H2,1,3-5H3/t17-,18-,20-,21+,22+,23-,24+,25-,26-,27-,28+,29+,30-,31-/m0/s1. The Kier molecular flexibility index (Phi) is 10.1. The van der Waals surface area contributed by atoms with E-state index in [1.54, 1.807) is 7.11 Å². The average molecular weight is 567 g/mol. The molecule has 14 atom stereocenters. The van der Waals surface area contributed by atoms with E-state index in [0.717, 1.165) is 25.7 Å². The highest BCUT2D eigenvalue weighted by Gasteiger charge is 2.52. The molecule has 2 N–H and O–H groups in total. The van der Waals surface area contributed by atoms with Crippen LogP contribution < -0.4 is 0 Å². The topological polar surface area (TPSA) is 113 Å². The molecule has 0 unspecified atom stereocenters. The van der Waals surface area contributed by atoms with Gasteiger partial charge >= 0.3 is 0 Å². The number of ketones is 1. The van der Waals surface area contributed by atoms with Crippen molar-refractivity contribution in [1.82, 2.24) is 0 Å². The summed E-state index contributed by atoms with van der Waals surface area (Å²) in [5.41, 5.74) is 1.17. The minimum atomic E-state index is -0.762. The summed E-state index contributed by atoms with van der Waals surface area (Å²) in [5, 5.41) is 22.2. The number of fused-ring (bicyclic) bond motifs is 1. The Balaban J connectivity index is 1.10. The van der Waals surface area contributed by atoms with E-state index in [2.05, 4.69) is 13.5 Å². The molecule has 0 radical (unpaired) electrons. The van der Waals surface area contributed by atoms with Gasteiger partial charge in [0, 0.05) is 38.2 Å². The van der Waals surface area contributed by atoms with Crippen LogP contribution in [0.2, 0.25) is 0 Å². The molecule has 5 aliphatic heterocycles. The van der Waals surface area contributed by atoms with E-state index in [4.69, 9.17) is 28.4 Å². The lowest BCUT2D eigenvalue weighted by molar-refractivity contribution is -0.267. The molecule has 0 aliphatic carbocycles. The molecule has 5 heterocycles. The van der Waals surface area contributed by atoms with E-state index in [-0.39, 0.29) is 60.3 Å². The number of rotatable bonds is 10. The van der Waals surface area contributed by atoms with Crippen molar-refractivity contribution in [2.24, 2.45) is 11.8 Å². The zero-order chi connectivity index (χ0) is 28.6. The lowest BCUT2D eigenvalue weighted by Crippen LogP contribution is -2.61. The SMILES string of the molecule is C=C1C[C@H](CC[C@@H]2C[C@@H](O)[C@@H]([C@@H]3O[C@H]4CC[C@H](CC(=O)C[C@H]5[C@H](C)OC[C@@H]5OC)O[C@@H]4[C@H](O)[C@@H]3C)O2)O[C@H]1CC. The Morgan fingerprint density at radius 3 is 2.45 bits per heavy atom. The maximum Gasteiger partial charge on any atom is 0.135 e. The number of hydrogen-bond acceptors (Lipinski definition) is 9. The Bertz CT molecular complexity index is 879. The van der Waals surface area contributed by atoms with Crippen molar-refractivity contribution in [2.75, 3.05) is 13.7 Å². The smallest absolute Gasteiger partial charge is 0.135 e. The summed E-state index contributed by atoms with van der Waals surface area (Å²) in [6, 6.07) is 0. The van der Waals surface area contributed by atoms with E-state index >= 15 is 0 Å². The minimum absolute atomic E-state index is 0.00545. The summed E-state index contributed by atoms with van der Waals surface area (Å²) in [6.07, 6.45) is 3.06. The Morgan fingerprint density at radius 2 is 1.73 bits per heavy atom. The largest absolute Gasteiger partial charge is 0.390 e. The lowest BCUT2D eigenvalue weighted by atomic mass is 9.81. The van der Waals surface area contributed by atoms with Crippen molar-refractivity contribution in [3.05, 3.63) is 12.2 Å². The highest BCUT2D eigenvalue weighted by Crippen LogP contribution is 2.41. The van der Waals surface area contributed by atoms with Crippen LogP contribution in [-0.2, 0) is 33.2 Å². The highest BCUT2D eigenvalue weighted by molar-refractivity contribution is 5.79. The molecular weight excluding hydrogens is 516 g/mol. The number of hydrogen-bond donors (Lipinski definition) is 2. The number of aliphatic hydroxyl groups is 2. The first kappa shape index (κ1) is 30.5. The molecule has 40 heavy (non-hydrogen) atoms. The monoisotopic (exact) mass is 566 g/mol. The molecule has 0 spiro atoms. The van der Waals surface area contributed by atoms with Crippen LogP contribution in [0, 0.1) is 11.8 Å². The number of ether oxygens (including phenoxy) is 6. The first-order valence-corrected chi connectivity index (χ1v) is 15.5. The van der Waals surface area contributed by atoms with Gasteiger partial charge in [-0.15, -0.1) is 0 Å². The quantitative estimate of drug-likeness (QED) is 0.385. The Morgan fingerprint density at radius 1 is 0.975 bits per heavy atom. The van der Waals surface area contributed by atoms with Crippen LogP contribution >= 0.6 is 0 Å². The fourth-order valence-corrected chi connectivity index (χ4v) is 7.60. The molecule has 0 saturated carbocycles. The van der Waals surface area contributed by atoms with E-state index < -0.39 is 30.5 Å². The second-order valence-corrected chi connectivity index (χ2v) is 12.8. The van der Waals surface area contributed by atoms with Gasteiger partial charge < -0.3 is 38.6 Å². The molecule has 0 amide bonds. The molecule has 5 rings (SSSR count). The van der Waals surface area contributed by atoms with Crippen molar-refractivity contribution in [3.8, 4) is 0 Å². The molecule has 0 bridgehead atoms. The van der Waals surface area contributed by atoms with Gasteiger partial charge in [-0.25, -0.2) is 0 Å². The summed E-state index contributed by atoms with van der Waals surface area (Å²) in [5.74, 6) is -0.0887. The van der Waals surface area contributed by atoms with Crippen LogP contribution in [0.15, 0.2) is 12.2 Å². The van der Waals surface area contributed by atoms with Crippen molar-refractivity contribution in [3.63, 3.8) is 0 Å². The molecule has 0 aromatic heterocycles. The molecule has 5 saturated heterocycles. The summed E-state index contributed by atoms with van der Waals surface area (Å²) < 4.78 is 36.4. The highest BCUT2D eigenvalue weighted by atomic mass is 16.6. The van der Waals surface area contributed by atoms with Gasteiger partial charge in [0.2, 0.25) is 0 Å². The fourth-order valence-electron chi connectivity index (χ4n) is 7.60. The van der Waals surface area contributed by atoms with E-state index in [1.807, 2.05) is 13.8 Å². The van der Waals surface area contributed by atoms with Gasteiger partial charge in [0.05, 0.1) is 67.6 Å². The number of carbonyl (C=O) groups is 1. The number of carbonyl (C=O) groups excluding carboxylic acids is 1. The Labute approximate surface area is 238 Å². The zero-order valence-corrected chi connectivity index (χ0v) is 24.6. The molecule has 9 nitrogen and oxygen atoms in total. The zero-order valence-electron chi connectivity index (χ0n) is 24.6. The maximum absolute atomic E-state index is 12.9. The molecule has 9 heteroatoms. The first-order valence-electron chi connectivity index (χ1n) is 15.5. The molecule has 5 aliphatic rings. The molecule has 0 aromatic rings. The number of methoxy groups -OCH3 is 1. The average Bonchev–Trinajstić information content (AvgIpc) is 3.60. The van der Waals surface area contributed by atoms with Crippen LogP contribution in [0.1, 0.15) is 78.6 Å². The van der Waals surface area contributed by atoms with Crippen molar-refractivity contribution in [1.29, 1.82) is 0 Å². The van der Waals surface area contributed by atoms with Crippen LogP contribution in [0.4, 0.5) is 0 Å². The van der Waals surface area contributed by atoms with E-state index in [0.29, 0.717) is 38.7 Å². The summed E-state index contributed by atoms with van der Waals surface area (Å²) in [6.45, 7) is 10.7.